The Kier molecular flexibility index (Phi) is 10.3. The Morgan fingerprint density at radius 3 is 2.81 bits per heavy atom. The van der Waals surface area contributed by atoms with Crippen molar-refractivity contribution in [3.05, 3.63) is 48.3 Å². The molecule has 32 heavy (non-hydrogen) atoms. The topological polar surface area (TPSA) is 63.9 Å². The predicted molar refractivity (Wildman–Crippen MR) is 138 cm³/mol. The Morgan fingerprint density at radius 2 is 2.09 bits per heavy atom. The summed E-state index contributed by atoms with van der Waals surface area (Å²) < 4.78 is 13.8. The van der Waals surface area contributed by atoms with E-state index >= 15 is 0 Å². The second kappa shape index (κ2) is 13.2. The molecule has 3 heterocycles. The number of hydrogen-bond acceptors (Lipinski definition) is 4. The van der Waals surface area contributed by atoms with Gasteiger partial charge >= 0.3 is 0 Å². The van der Waals surface area contributed by atoms with Crippen LogP contribution in [0.25, 0.3) is 5.69 Å². The molecule has 1 atom stereocenters. The van der Waals surface area contributed by atoms with Crippen molar-refractivity contribution in [2.75, 3.05) is 32.8 Å². The Labute approximate surface area is 208 Å². The third-order valence-electron chi connectivity index (χ3n) is 5.96. The standard InChI is InChI=1S/C24H35N5O2.HI/c1-2-25-24(26-18-20-7-5-8-21(17-20)29-13-6-12-27-29)28-14-10-22(11-15-28)31-19-23-9-3-4-16-30-23;/h5-8,12-13,17,22-23H,2-4,9-11,14-16,18-19H2,1H3,(H,25,26);1H. The molecule has 1 unspecified atom stereocenters. The maximum absolute atomic E-state index is 6.17. The number of halogens is 1. The monoisotopic (exact) mass is 553 g/mol. The second-order valence-corrected chi connectivity index (χ2v) is 8.30. The number of rotatable bonds is 7. The van der Waals surface area contributed by atoms with Crippen LogP contribution in [-0.2, 0) is 16.0 Å². The molecule has 0 radical (unpaired) electrons. The van der Waals surface area contributed by atoms with E-state index in [9.17, 15) is 0 Å². The van der Waals surface area contributed by atoms with E-state index in [0.717, 1.165) is 63.8 Å². The van der Waals surface area contributed by atoms with Gasteiger partial charge in [-0.3, -0.25) is 0 Å². The zero-order valence-electron chi connectivity index (χ0n) is 19.0. The maximum atomic E-state index is 6.17. The highest BCUT2D eigenvalue weighted by Crippen LogP contribution is 2.18. The highest BCUT2D eigenvalue weighted by Gasteiger charge is 2.23. The van der Waals surface area contributed by atoms with Crippen LogP contribution in [0.15, 0.2) is 47.7 Å². The van der Waals surface area contributed by atoms with Crippen molar-refractivity contribution in [1.29, 1.82) is 0 Å². The number of likely N-dealkylation sites (tertiary alicyclic amines) is 1. The quantitative estimate of drug-likeness (QED) is 0.319. The smallest absolute Gasteiger partial charge is 0.194 e. The van der Waals surface area contributed by atoms with Crippen molar-refractivity contribution >= 4 is 29.9 Å². The Morgan fingerprint density at radius 1 is 1.22 bits per heavy atom. The van der Waals surface area contributed by atoms with Crippen LogP contribution >= 0.6 is 24.0 Å². The molecular formula is C24H36IN5O2. The Bertz CT molecular complexity index is 816. The van der Waals surface area contributed by atoms with Gasteiger partial charge in [-0.1, -0.05) is 12.1 Å². The molecule has 1 aromatic carbocycles. The lowest BCUT2D eigenvalue weighted by atomic mass is 10.1. The molecule has 1 N–H and O–H groups in total. The summed E-state index contributed by atoms with van der Waals surface area (Å²) in [6.45, 7) is 7.19. The summed E-state index contributed by atoms with van der Waals surface area (Å²) >= 11 is 0. The summed E-state index contributed by atoms with van der Waals surface area (Å²) in [7, 11) is 0. The largest absolute Gasteiger partial charge is 0.376 e. The minimum Gasteiger partial charge on any atom is -0.376 e. The van der Waals surface area contributed by atoms with Crippen molar-refractivity contribution in [2.45, 2.75) is 57.8 Å². The Hall–Kier alpha value is -1.65. The van der Waals surface area contributed by atoms with E-state index in [1.165, 1.54) is 18.4 Å². The normalized spacial score (nSPS) is 20.1. The van der Waals surface area contributed by atoms with Crippen LogP contribution < -0.4 is 5.32 Å². The van der Waals surface area contributed by atoms with Crippen molar-refractivity contribution in [3.63, 3.8) is 0 Å². The van der Waals surface area contributed by atoms with E-state index in [0.29, 0.717) is 18.8 Å². The van der Waals surface area contributed by atoms with Crippen molar-refractivity contribution in [3.8, 4) is 5.69 Å². The van der Waals surface area contributed by atoms with Gasteiger partial charge in [0.1, 0.15) is 0 Å². The fourth-order valence-electron chi connectivity index (χ4n) is 4.23. The van der Waals surface area contributed by atoms with Crippen LogP contribution in [0.5, 0.6) is 0 Å². The molecular weight excluding hydrogens is 517 g/mol. The summed E-state index contributed by atoms with van der Waals surface area (Å²) in [5, 5.41) is 7.78. The Balaban J connectivity index is 0.00000289. The molecule has 2 saturated heterocycles. The summed E-state index contributed by atoms with van der Waals surface area (Å²) in [4.78, 5) is 7.27. The molecule has 1 aromatic heterocycles. The molecule has 4 rings (SSSR count). The van der Waals surface area contributed by atoms with Crippen LogP contribution in [0.3, 0.4) is 0 Å². The van der Waals surface area contributed by atoms with Crippen molar-refractivity contribution in [1.82, 2.24) is 20.0 Å². The number of hydrogen-bond donors (Lipinski definition) is 1. The van der Waals surface area contributed by atoms with E-state index in [1.54, 1.807) is 6.20 Å². The van der Waals surface area contributed by atoms with E-state index in [-0.39, 0.29) is 24.0 Å². The van der Waals surface area contributed by atoms with Crippen LogP contribution in [0, 0.1) is 0 Å². The van der Waals surface area contributed by atoms with Crippen LogP contribution in [0.2, 0.25) is 0 Å². The average Bonchev–Trinajstić information content (AvgIpc) is 3.37. The summed E-state index contributed by atoms with van der Waals surface area (Å²) in [5.41, 5.74) is 2.23. The molecule has 7 nitrogen and oxygen atoms in total. The maximum Gasteiger partial charge on any atom is 0.194 e. The average molecular weight is 553 g/mol. The minimum atomic E-state index is 0. The number of aliphatic imine (C=N–C) groups is 1. The molecule has 2 aliphatic heterocycles. The number of benzene rings is 1. The second-order valence-electron chi connectivity index (χ2n) is 8.30. The SMILES string of the molecule is CCNC(=NCc1cccc(-n2cccn2)c1)N1CCC(OCC2CCCCO2)CC1.I. The van der Waals surface area contributed by atoms with E-state index in [1.807, 2.05) is 16.9 Å². The first-order valence-electron chi connectivity index (χ1n) is 11.7. The molecule has 2 fully saturated rings. The predicted octanol–water partition coefficient (Wildman–Crippen LogP) is 4.01. The first-order valence-corrected chi connectivity index (χ1v) is 11.7. The van der Waals surface area contributed by atoms with Crippen molar-refractivity contribution in [2.24, 2.45) is 4.99 Å². The summed E-state index contributed by atoms with van der Waals surface area (Å²) in [6, 6.07) is 10.3. The van der Waals surface area contributed by atoms with Gasteiger partial charge in [0.15, 0.2) is 5.96 Å². The fourth-order valence-corrected chi connectivity index (χ4v) is 4.23. The van der Waals surface area contributed by atoms with Gasteiger partial charge in [-0.2, -0.15) is 5.10 Å². The van der Waals surface area contributed by atoms with Gasteiger partial charge in [-0.25, -0.2) is 9.67 Å². The molecule has 0 amide bonds. The zero-order valence-corrected chi connectivity index (χ0v) is 21.3. The first kappa shape index (κ1) is 25.0. The minimum absolute atomic E-state index is 0. The highest BCUT2D eigenvalue weighted by molar-refractivity contribution is 14.0. The number of aromatic nitrogens is 2. The molecule has 0 saturated carbocycles. The molecule has 8 heteroatoms. The fraction of sp³-hybridized carbons (Fsp3) is 0.583. The third-order valence-corrected chi connectivity index (χ3v) is 5.96. The number of nitrogens with one attached hydrogen (secondary N) is 1. The van der Waals surface area contributed by atoms with Gasteiger partial charge in [0, 0.05) is 38.6 Å². The van der Waals surface area contributed by atoms with Gasteiger partial charge in [0.05, 0.1) is 31.0 Å². The van der Waals surface area contributed by atoms with Gasteiger partial charge < -0.3 is 19.7 Å². The van der Waals surface area contributed by atoms with Crippen LogP contribution in [0.4, 0.5) is 0 Å². The molecule has 2 aromatic rings. The van der Waals surface area contributed by atoms with Gasteiger partial charge in [0.25, 0.3) is 0 Å². The molecule has 0 bridgehead atoms. The van der Waals surface area contributed by atoms with E-state index < -0.39 is 0 Å². The number of ether oxygens (including phenoxy) is 2. The first-order chi connectivity index (χ1) is 15.3. The number of piperidine rings is 1. The number of nitrogens with zero attached hydrogens (tertiary/aromatic N) is 4. The lowest BCUT2D eigenvalue weighted by Gasteiger charge is -2.35. The van der Waals surface area contributed by atoms with E-state index in [2.05, 4.69) is 46.5 Å². The third kappa shape index (κ3) is 7.18. The lowest BCUT2D eigenvalue weighted by Crippen LogP contribution is -2.47. The number of guanidine groups is 1. The molecule has 2 aliphatic rings. The van der Waals surface area contributed by atoms with Gasteiger partial charge in [-0.15, -0.1) is 24.0 Å². The van der Waals surface area contributed by atoms with E-state index in [4.69, 9.17) is 14.5 Å². The molecule has 0 spiro atoms. The highest BCUT2D eigenvalue weighted by atomic mass is 127. The van der Waals surface area contributed by atoms with Crippen LogP contribution in [0.1, 0.15) is 44.6 Å². The van der Waals surface area contributed by atoms with Gasteiger partial charge in [0.2, 0.25) is 0 Å². The van der Waals surface area contributed by atoms with Crippen LogP contribution in [-0.4, -0.2) is 65.7 Å². The van der Waals surface area contributed by atoms with Crippen molar-refractivity contribution < 1.29 is 9.47 Å². The summed E-state index contributed by atoms with van der Waals surface area (Å²) in [5.74, 6) is 0.987. The van der Waals surface area contributed by atoms with Gasteiger partial charge in [-0.05, 0) is 62.8 Å². The zero-order chi connectivity index (χ0) is 21.3. The molecule has 0 aliphatic carbocycles. The summed E-state index contributed by atoms with van der Waals surface area (Å²) in [6.07, 6.45) is 10.0. The lowest BCUT2D eigenvalue weighted by molar-refractivity contribution is -0.0721. The molecule has 176 valence electrons.